The van der Waals surface area contributed by atoms with Crippen molar-refractivity contribution in [3.05, 3.63) is 41.3 Å². The van der Waals surface area contributed by atoms with Crippen molar-refractivity contribution in [1.29, 1.82) is 0 Å². The van der Waals surface area contributed by atoms with Crippen LogP contribution in [0.25, 0.3) is 11.1 Å². The first kappa shape index (κ1) is 11.7. The Balaban J connectivity index is 2.44. The van der Waals surface area contributed by atoms with Crippen LogP contribution >= 0.6 is 23.1 Å². The number of rotatable bonds is 4. The molecule has 0 aliphatic heterocycles. The molecular formula is C14H16S2. The van der Waals surface area contributed by atoms with Gasteiger partial charge in [0.05, 0.1) is 4.21 Å². The second-order valence-corrected chi connectivity index (χ2v) is 5.69. The highest BCUT2D eigenvalue weighted by atomic mass is 32.2. The van der Waals surface area contributed by atoms with E-state index in [9.17, 15) is 0 Å². The van der Waals surface area contributed by atoms with Gasteiger partial charge in [-0.25, -0.2) is 0 Å². The average molecular weight is 248 g/mol. The molecule has 0 saturated carbocycles. The summed E-state index contributed by atoms with van der Waals surface area (Å²) >= 11 is 3.74. The third kappa shape index (κ3) is 2.33. The molecule has 0 saturated heterocycles. The zero-order chi connectivity index (χ0) is 11.4. The van der Waals surface area contributed by atoms with Crippen LogP contribution in [0, 0.1) is 0 Å². The molecule has 2 rings (SSSR count). The van der Waals surface area contributed by atoms with Crippen molar-refractivity contribution in [2.45, 2.75) is 24.0 Å². The lowest BCUT2D eigenvalue weighted by molar-refractivity contribution is 0.913. The van der Waals surface area contributed by atoms with E-state index < -0.39 is 0 Å². The van der Waals surface area contributed by atoms with Gasteiger partial charge in [0.1, 0.15) is 0 Å². The van der Waals surface area contributed by atoms with Crippen molar-refractivity contribution >= 4 is 23.1 Å². The summed E-state index contributed by atoms with van der Waals surface area (Å²) in [6.45, 7) is 2.25. The Labute approximate surface area is 106 Å². The van der Waals surface area contributed by atoms with E-state index in [2.05, 4.69) is 48.9 Å². The molecule has 0 bridgehead atoms. The summed E-state index contributed by atoms with van der Waals surface area (Å²) in [5.74, 6) is 0. The van der Waals surface area contributed by atoms with Crippen LogP contribution in [0.3, 0.4) is 0 Å². The maximum absolute atomic E-state index is 2.30. The van der Waals surface area contributed by atoms with Gasteiger partial charge in [0.15, 0.2) is 0 Å². The van der Waals surface area contributed by atoms with Gasteiger partial charge in [-0.3, -0.25) is 0 Å². The Morgan fingerprint density at radius 3 is 2.56 bits per heavy atom. The molecule has 0 unspecified atom stereocenters. The summed E-state index contributed by atoms with van der Waals surface area (Å²) in [4.78, 5) is 0. The molecule has 0 radical (unpaired) electrons. The Morgan fingerprint density at radius 2 is 1.94 bits per heavy atom. The molecule has 1 heterocycles. The van der Waals surface area contributed by atoms with Gasteiger partial charge in [0.2, 0.25) is 0 Å². The first-order valence-electron chi connectivity index (χ1n) is 5.56. The van der Waals surface area contributed by atoms with Crippen LogP contribution in [0.4, 0.5) is 0 Å². The normalized spacial score (nSPS) is 10.6. The van der Waals surface area contributed by atoms with E-state index in [-0.39, 0.29) is 0 Å². The molecule has 0 aliphatic carbocycles. The van der Waals surface area contributed by atoms with Crippen LogP contribution < -0.4 is 0 Å². The molecule has 0 aliphatic rings. The second-order valence-electron chi connectivity index (χ2n) is 3.74. The third-order valence-electron chi connectivity index (χ3n) is 2.63. The van der Waals surface area contributed by atoms with E-state index >= 15 is 0 Å². The summed E-state index contributed by atoms with van der Waals surface area (Å²) in [5, 5.41) is 2.30. The summed E-state index contributed by atoms with van der Waals surface area (Å²) in [5.41, 5.74) is 4.31. The van der Waals surface area contributed by atoms with Crippen molar-refractivity contribution < 1.29 is 0 Å². The Kier molecular flexibility index (Phi) is 4.08. The smallest absolute Gasteiger partial charge is 0.0634 e. The number of benzene rings is 1. The molecule has 0 atom stereocenters. The summed E-state index contributed by atoms with van der Waals surface area (Å²) < 4.78 is 1.47. The van der Waals surface area contributed by atoms with Gasteiger partial charge in [-0.1, -0.05) is 43.7 Å². The minimum absolute atomic E-state index is 1.18. The summed E-state index contributed by atoms with van der Waals surface area (Å²) in [6, 6.07) is 10.7. The quantitative estimate of drug-likeness (QED) is 0.679. The first-order valence-corrected chi connectivity index (χ1v) is 7.67. The fourth-order valence-corrected chi connectivity index (χ4v) is 3.73. The molecule has 84 valence electrons. The van der Waals surface area contributed by atoms with Gasteiger partial charge in [0.25, 0.3) is 0 Å². The third-order valence-corrected chi connectivity index (χ3v) is 4.85. The van der Waals surface area contributed by atoms with E-state index in [1.54, 1.807) is 0 Å². The highest BCUT2D eigenvalue weighted by molar-refractivity contribution is 8.00. The van der Waals surface area contributed by atoms with Crippen LogP contribution in [-0.4, -0.2) is 6.26 Å². The second kappa shape index (κ2) is 5.55. The lowest BCUT2D eigenvalue weighted by atomic mass is 10.0. The van der Waals surface area contributed by atoms with E-state index in [0.717, 1.165) is 0 Å². The van der Waals surface area contributed by atoms with Gasteiger partial charge in [-0.15, -0.1) is 23.1 Å². The number of hydrogen-bond donors (Lipinski definition) is 0. The maximum Gasteiger partial charge on any atom is 0.0634 e. The Bertz CT molecular complexity index is 443. The predicted molar refractivity (Wildman–Crippen MR) is 75.5 cm³/mol. The molecule has 2 aromatic rings. The lowest BCUT2D eigenvalue weighted by Crippen LogP contribution is -1.86. The van der Waals surface area contributed by atoms with E-state index in [4.69, 9.17) is 0 Å². The topological polar surface area (TPSA) is 0 Å². The monoisotopic (exact) mass is 248 g/mol. The SMILES string of the molecule is CCCc1c(-c2ccccc2)csc1SC. The number of thiophene rings is 1. The minimum Gasteiger partial charge on any atom is -0.136 e. The van der Waals surface area contributed by atoms with Crippen LogP contribution in [0.15, 0.2) is 39.9 Å². The molecule has 0 fully saturated rings. The van der Waals surface area contributed by atoms with Crippen molar-refractivity contribution in [2.75, 3.05) is 6.26 Å². The molecule has 1 aromatic heterocycles. The molecule has 0 amide bonds. The maximum atomic E-state index is 2.30. The van der Waals surface area contributed by atoms with Crippen molar-refractivity contribution in [1.82, 2.24) is 0 Å². The fraction of sp³-hybridized carbons (Fsp3) is 0.286. The van der Waals surface area contributed by atoms with E-state index in [1.807, 2.05) is 23.1 Å². The Hall–Kier alpha value is -0.730. The van der Waals surface area contributed by atoms with Gasteiger partial charge in [0, 0.05) is 5.38 Å². The zero-order valence-electron chi connectivity index (χ0n) is 9.69. The number of thioether (sulfide) groups is 1. The summed E-state index contributed by atoms with van der Waals surface area (Å²) in [7, 11) is 0. The molecule has 0 spiro atoms. The van der Waals surface area contributed by atoms with Gasteiger partial charge in [-0.2, -0.15) is 0 Å². The molecule has 1 aromatic carbocycles. The molecule has 16 heavy (non-hydrogen) atoms. The molecule has 0 nitrogen and oxygen atoms in total. The largest absolute Gasteiger partial charge is 0.136 e. The highest BCUT2D eigenvalue weighted by Gasteiger charge is 2.11. The summed E-state index contributed by atoms with van der Waals surface area (Å²) in [6.07, 6.45) is 4.56. The Morgan fingerprint density at radius 1 is 1.19 bits per heavy atom. The van der Waals surface area contributed by atoms with Crippen LogP contribution in [0.1, 0.15) is 18.9 Å². The average Bonchev–Trinajstić information content (AvgIpc) is 2.74. The zero-order valence-corrected chi connectivity index (χ0v) is 11.3. The molecule has 0 N–H and O–H groups in total. The molecular weight excluding hydrogens is 232 g/mol. The molecule has 2 heteroatoms. The predicted octanol–water partition coefficient (Wildman–Crippen LogP) is 5.09. The van der Waals surface area contributed by atoms with Crippen LogP contribution in [0.5, 0.6) is 0 Å². The van der Waals surface area contributed by atoms with Crippen molar-refractivity contribution in [2.24, 2.45) is 0 Å². The van der Waals surface area contributed by atoms with E-state index in [1.165, 1.54) is 33.7 Å². The minimum atomic E-state index is 1.18. The van der Waals surface area contributed by atoms with E-state index in [0.29, 0.717) is 0 Å². The lowest BCUT2D eigenvalue weighted by Gasteiger charge is -2.05. The van der Waals surface area contributed by atoms with Crippen molar-refractivity contribution in [3.63, 3.8) is 0 Å². The van der Waals surface area contributed by atoms with Crippen LogP contribution in [0.2, 0.25) is 0 Å². The standard InChI is InChI=1S/C14H16S2/c1-3-7-12-13(10-16-14(12)15-2)11-8-5-4-6-9-11/h4-6,8-10H,3,7H2,1-2H3. The highest BCUT2D eigenvalue weighted by Crippen LogP contribution is 2.37. The van der Waals surface area contributed by atoms with Crippen molar-refractivity contribution in [3.8, 4) is 11.1 Å². The first-order chi connectivity index (χ1) is 7.86. The van der Waals surface area contributed by atoms with Gasteiger partial charge in [-0.05, 0) is 29.4 Å². The van der Waals surface area contributed by atoms with Gasteiger partial charge < -0.3 is 0 Å². The number of hydrogen-bond acceptors (Lipinski definition) is 2. The fourth-order valence-electron chi connectivity index (χ4n) is 1.88. The van der Waals surface area contributed by atoms with Gasteiger partial charge >= 0.3 is 0 Å². The van der Waals surface area contributed by atoms with Crippen LogP contribution in [-0.2, 0) is 6.42 Å².